The number of carbonyl (C=O) groups is 1. The van der Waals surface area contributed by atoms with Crippen LogP contribution >= 0.6 is 0 Å². The van der Waals surface area contributed by atoms with Crippen LogP contribution in [-0.4, -0.2) is 68.1 Å². The summed E-state index contributed by atoms with van der Waals surface area (Å²) in [6.07, 6.45) is 41.9. The van der Waals surface area contributed by atoms with Gasteiger partial charge in [0, 0.05) is 26.6 Å². The van der Waals surface area contributed by atoms with Crippen LogP contribution in [0.2, 0.25) is 0 Å². The summed E-state index contributed by atoms with van der Waals surface area (Å²) < 4.78 is 5.57. The van der Waals surface area contributed by atoms with Crippen LogP contribution in [0.3, 0.4) is 0 Å². The maximum atomic E-state index is 12.7. The Morgan fingerprint density at radius 1 is 0.627 bits per heavy atom. The van der Waals surface area contributed by atoms with Crippen molar-refractivity contribution in [3.05, 3.63) is 23.5 Å². The summed E-state index contributed by atoms with van der Waals surface area (Å²) in [6, 6.07) is 0. The van der Waals surface area contributed by atoms with E-state index in [1.807, 2.05) is 13.0 Å². The van der Waals surface area contributed by atoms with Crippen LogP contribution in [-0.2, 0) is 9.53 Å². The van der Waals surface area contributed by atoms with Crippen molar-refractivity contribution in [1.29, 1.82) is 0 Å². The zero-order chi connectivity index (χ0) is 37.0. The van der Waals surface area contributed by atoms with Crippen molar-refractivity contribution in [2.45, 2.75) is 208 Å². The molecule has 1 aliphatic heterocycles. The molecule has 1 N–H and O–H groups in total. The number of ketones is 1. The highest BCUT2D eigenvalue weighted by Gasteiger charge is 2.18. The molecule has 0 aromatic rings. The summed E-state index contributed by atoms with van der Waals surface area (Å²) in [6.45, 7) is 18.2. The molecule has 0 spiro atoms. The van der Waals surface area contributed by atoms with E-state index in [2.05, 4.69) is 42.0 Å². The monoisotopic (exact) mass is 716 g/mol. The molecule has 1 saturated heterocycles. The lowest BCUT2D eigenvalue weighted by Crippen LogP contribution is -2.38. The van der Waals surface area contributed by atoms with Crippen LogP contribution in [0.25, 0.3) is 0 Å². The van der Waals surface area contributed by atoms with Gasteiger partial charge in [-0.15, -0.1) is 0 Å². The fraction of sp³-hybridized carbons (Fsp3) is 0.891. The molecule has 1 heterocycles. The smallest absolute Gasteiger partial charge is 0.177 e. The quantitative estimate of drug-likeness (QED) is 0.0394. The number of allylic oxidation sites excluding steroid dienone is 3. The molecule has 0 radical (unpaired) electrons. The van der Waals surface area contributed by atoms with Crippen LogP contribution in [0.1, 0.15) is 208 Å². The SMILES string of the molecule is CC=C/C(=C(/NCCCN(CCCCCCCC)CCCCCCCC(CCCCCCCC)CCCCCCCC)C(C)=O)N1CCOCC1. The molecule has 0 atom stereocenters. The number of unbranched alkanes of at least 4 members (excludes halogenated alkanes) is 19. The first-order chi connectivity index (χ1) is 25.1. The first-order valence-corrected chi connectivity index (χ1v) is 22.7. The van der Waals surface area contributed by atoms with E-state index in [9.17, 15) is 4.79 Å². The summed E-state index contributed by atoms with van der Waals surface area (Å²) in [4.78, 5) is 17.7. The lowest BCUT2D eigenvalue weighted by molar-refractivity contribution is -0.114. The number of Topliss-reactive ketones (excluding diaryl/α,β-unsaturated/α-hetero) is 1. The number of hydrogen-bond donors (Lipinski definition) is 1. The van der Waals surface area contributed by atoms with E-state index in [0.29, 0.717) is 0 Å². The Morgan fingerprint density at radius 2 is 1.04 bits per heavy atom. The first kappa shape index (κ1) is 47.7. The predicted molar refractivity (Wildman–Crippen MR) is 225 cm³/mol. The Bertz CT molecular complexity index is 818. The molecule has 0 bridgehead atoms. The van der Waals surface area contributed by atoms with E-state index in [1.54, 1.807) is 6.92 Å². The van der Waals surface area contributed by atoms with Gasteiger partial charge in [0.25, 0.3) is 0 Å². The van der Waals surface area contributed by atoms with E-state index in [-0.39, 0.29) is 5.78 Å². The van der Waals surface area contributed by atoms with Gasteiger partial charge in [0.1, 0.15) is 5.70 Å². The van der Waals surface area contributed by atoms with Crippen molar-refractivity contribution in [2.75, 3.05) is 52.5 Å². The van der Waals surface area contributed by atoms with Crippen LogP contribution in [0.5, 0.6) is 0 Å². The molecule has 0 aromatic carbocycles. The Hall–Kier alpha value is -1.33. The maximum absolute atomic E-state index is 12.7. The third-order valence-corrected chi connectivity index (χ3v) is 11.1. The second kappa shape index (κ2) is 35.7. The summed E-state index contributed by atoms with van der Waals surface area (Å²) in [5, 5.41) is 3.56. The van der Waals surface area contributed by atoms with Crippen LogP contribution in [0.4, 0.5) is 0 Å². The standard InChI is InChI=1S/C46H89N3O2/c1-6-10-13-16-20-25-32-44(33-26-21-17-14-11-7-2)34-27-22-19-24-29-37-48(36-28-23-18-15-12-8-3)38-30-35-47-46(43(5)50)45(31-9-4)49-39-41-51-42-40-49/h9,31,44,47H,6-8,10-30,32-42H2,1-5H3/b31-9?,46-45-. The highest BCUT2D eigenvalue weighted by Crippen LogP contribution is 2.25. The highest BCUT2D eigenvalue weighted by atomic mass is 16.5. The van der Waals surface area contributed by atoms with Gasteiger partial charge in [0.05, 0.1) is 18.9 Å². The lowest BCUT2D eigenvalue weighted by Gasteiger charge is -2.31. The number of ether oxygens (including phenoxy) is 1. The van der Waals surface area contributed by atoms with Gasteiger partial charge in [-0.1, -0.05) is 181 Å². The van der Waals surface area contributed by atoms with Crippen LogP contribution < -0.4 is 5.32 Å². The highest BCUT2D eigenvalue weighted by molar-refractivity contribution is 5.93. The molecule has 5 heteroatoms. The average Bonchev–Trinajstić information content (AvgIpc) is 3.14. The molecular formula is C46H89N3O2. The van der Waals surface area contributed by atoms with Crippen LogP contribution in [0, 0.1) is 5.92 Å². The number of carbonyl (C=O) groups excluding carboxylic acids is 1. The third-order valence-electron chi connectivity index (χ3n) is 11.1. The number of hydrogen-bond acceptors (Lipinski definition) is 5. The fourth-order valence-electron chi connectivity index (χ4n) is 7.83. The molecule has 1 fully saturated rings. The molecule has 51 heavy (non-hydrogen) atoms. The van der Waals surface area contributed by atoms with Crippen molar-refractivity contribution < 1.29 is 9.53 Å². The van der Waals surface area contributed by atoms with E-state index in [4.69, 9.17) is 4.74 Å². The number of nitrogens with one attached hydrogen (secondary N) is 1. The summed E-state index contributed by atoms with van der Waals surface area (Å²) in [7, 11) is 0. The molecule has 0 aromatic heterocycles. The van der Waals surface area contributed by atoms with Gasteiger partial charge in [0.2, 0.25) is 0 Å². The van der Waals surface area contributed by atoms with E-state index >= 15 is 0 Å². The van der Waals surface area contributed by atoms with Crippen molar-refractivity contribution in [3.63, 3.8) is 0 Å². The van der Waals surface area contributed by atoms with Gasteiger partial charge in [0.15, 0.2) is 5.78 Å². The Morgan fingerprint density at radius 3 is 1.47 bits per heavy atom. The summed E-state index contributed by atoms with van der Waals surface area (Å²) in [5.41, 5.74) is 1.78. The van der Waals surface area contributed by atoms with Gasteiger partial charge < -0.3 is 19.9 Å². The fourth-order valence-corrected chi connectivity index (χ4v) is 7.83. The van der Waals surface area contributed by atoms with Gasteiger partial charge >= 0.3 is 0 Å². The first-order valence-electron chi connectivity index (χ1n) is 22.7. The van der Waals surface area contributed by atoms with Gasteiger partial charge in [-0.25, -0.2) is 0 Å². The van der Waals surface area contributed by atoms with E-state index < -0.39 is 0 Å². The predicted octanol–water partition coefficient (Wildman–Crippen LogP) is 12.8. The average molecular weight is 716 g/mol. The number of rotatable bonds is 37. The molecule has 5 nitrogen and oxygen atoms in total. The van der Waals surface area contributed by atoms with Gasteiger partial charge in [-0.2, -0.15) is 0 Å². The number of morpholine rings is 1. The van der Waals surface area contributed by atoms with Crippen molar-refractivity contribution >= 4 is 5.78 Å². The minimum atomic E-state index is 0.120. The second-order valence-corrected chi connectivity index (χ2v) is 15.8. The second-order valence-electron chi connectivity index (χ2n) is 15.8. The molecule has 0 unspecified atom stereocenters. The van der Waals surface area contributed by atoms with Crippen molar-refractivity contribution in [3.8, 4) is 0 Å². The topological polar surface area (TPSA) is 44.8 Å². The van der Waals surface area contributed by atoms with Gasteiger partial charge in [-0.3, -0.25) is 4.79 Å². The minimum Gasteiger partial charge on any atom is -0.380 e. The van der Waals surface area contributed by atoms with Crippen molar-refractivity contribution in [2.24, 2.45) is 5.92 Å². The largest absolute Gasteiger partial charge is 0.380 e. The summed E-state index contributed by atoms with van der Waals surface area (Å²) in [5.74, 6) is 1.10. The summed E-state index contributed by atoms with van der Waals surface area (Å²) >= 11 is 0. The molecule has 1 aliphatic rings. The van der Waals surface area contributed by atoms with E-state index in [1.165, 1.54) is 180 Å². The maximum Gasteiger partial charge on any atom is 0.177 e. The normalized spacial score (nSPS) is 14.3. The molecule has 0 amide bonds. The zero-order valence-electron chi connectivity index (χ0n) is 35.2. The lowest BCUT2D eigenvalue weighted by atomic mass is 9.89. The Labute approximate surface area is 319 Å². The minimum absolute atomic E-state index is 0.120. The molecule has 0 aliphatic carbocycles. The molecule has 300 valence electrons. The third kappa shape index (κ3) is 27.0. The molecule has 0 saturated carbocycles. The molecule has 1 rings (SSSR count). The van der Waals surface area contributed by atoms with Gasteiger partial charge in [-0.05, 0) is 57.8 Å². The Balaban J connectivity index is 2.51. The van der Waals surface area contributed by atoms with Crippen LogP contribution in [0.15, 0.2) is 23.5 Å². The number of nitrogens with zero attached hydrogens (tertiary/aromatic N) is 2. The zero-order valence-corrected chi connectivity index (χ0v) is 35.2. The Kier molecular flexibility index (Phi) is 33.4. The van der Waals surface area contributed by atoms with E-state index in [0.717, 1.165) is 63.1 Å². The molecular weight excluding hydrogens is 627 g/mol. The van der Waals surface area contributed by atoms with Crippen molar-refractivity contribution in [1.82, 2.24) is 15.1 Å².